The van der Waals surface area contributed by atoms with Crippen molar-refractivity contribution in [2.75, 3.05) is 53.4 Å². The van der Waals surface area contributed by atoms with Gasteiger partial charge in [-0.2, -0.15) is 0 Å². The van der Waals surface area contributed by atoms with Crippen molar-refractivity contribution >= 4 is 6.09 Å². The number of carbonyl (C=O) groups is 1. The molecule has 0 spiro atoms. The molecule has 1 aliphatic rings. The van der Waals surface area contributed by atoms with E-state index in [1.165, 1.54) is 0 Å². The van der Waals surface area contributed by atoms with Gasteiger partial charge in [-0.25, -0.2) is 4.79 Å². The number of carbonyl (C=O) groups excluding carboxylic acids is 1. The van der Waals surface area contributed by atoms with Crippen LogP contribution < -0.4 is 0 Å². The topological polar surface area (TPSA) is 56.2 Å². The number of nitrogens with zero attached hydrogens (tertiary/aromatic N) is 3. The van der Waals surface area contributed by atoms with E-state index < -0.39 is 5.60 Å². The SMILES string of the molecule is CN(C)CC(O)CN1CCN(C(=O)OC(C)(C)C)CC1. The summed E-state index contributed by atoms with van der Waals surface area (Å²) in [5, 5.41) is 9.91. The lowest BCUT2D eigenvalue weighted by Gasteiger charge is -2.36. The molecule has 0 aliphatic carbocycles. The number of aliphatic hydroxyl groups is 1. The number of ether oxygens (including phenoxy) is 1. The second kappa shape index (κ2) is 7.24. The lowest BCUT2D eigenvalue weighted by molar-refractivity contribution is 0.00901. The first-order valence-corrected chi connectivity index (χ1v) is 7.20. The van der Waals surface area contributed by atoms with Crippen LogP contribution in [0.3, 0.4) is 0 Å². The lowest BCUT2D eigenvalue weighted by Crippen LogP contribution is -2.52. The van der Waals surface area contributed by atoms with Gasteiger partial charge in [-0.15, -0.1) is 0 Å². The Morgan fingerprint density at radius 3 is 2.25 bits per heavy atom. The molecule has 0 aromatic carbocycles. The van der Waals surface area contributed by atoms with Gasteiger partial charge in [0.15, 0.2) is 0 Å². The first-order valence-electron chi connectivity index (χ1n) is 7.20. The molecule has 1 fully saturated rings. The third-order valence-corrected chi connectivity index (χ3v) is 3.07. The molecule has 1 aliphatic heterocycles. The Bertz CT molecular complexity index is 307. The first-order chi connectivity index (χ1) is 9.17. The predicted octanol–water partition coefficient (Wildman–Crippen LogP) is 0.462. The first kappa shape index (κ1) is 17.2. The number of hydrogen-bond donors (Lipinski definition) is 1. The molecule has 1 rings (SSSR count). The molecule has 1 atom stereocenters. The number of likely N-dealkylation sites (N-methyl/N-ethyl adjacent to an activating group) is 1. The van der Waals surface area contributed by atoms with Crippen molar-refractivity contribution in [3.05, 3.63) is 0 Å². The molecule has 1 unspecified atom stereocenters. The minimum atomic E-state index is -0.448. The lowest BCUT2D eigenvalue weighted by atomic mass is 10.2. The molecule has 0 saturated carbocycles. The molecule has 6 heteroatoms. The van der Waals surface area contributed by atoms with Crippen LogP contribution in [0.4, 0.5) is 4.79 Å². The highest BCUT2D eigenvalue weighted by Crippen LogP contribution is 2.12. The molecule has 6 nitrogen and oxygen atoms in total. The molecular weight excluding hydrogens is 258 g/mol. The Balaban J connectivity index is 2.31. The third-order valence-electron chi connectivity index (χ3n) is 3.07. The van der Waals surface area contributed by atoms with Gasteiger partial charge in [0.1, 0.15) is 5.60 Å². The van der Waals surface area contributed by atoms with E-state index >= 15 is 0 Å². The van der Waals surface area contributed by atoms with Gasteiger partial charge in [-0.05, 0) is 34.9 Å². The van der Waals surface area contributed by atoms with Crippen molar-refractivity contribution in [2.45, 2.75) is 32.5 Å². The van der Waals surface area contributed by atoms with Gasteiger partial charge in [0, 0.05) is 39.3 Å². The van der Waals surface area contributed by atoms with Crippen LogP contribution in [0, 0.1) is 0 Å². The normalized spacial score (nSPS) is 19.2. The molecule has 1 heterocycles. The van der Waals surface area contributed by atoms with Gasteiger partial charge >= 0.3 is 6.09 Å². The zero-order chi connectivity index (χ0) is 15.3. The Kier molecular flexibility index (Phi) is 6.23. The summed E-state index contributed by atoms with van der Waals surface area (Å²) in [5.41, 5.74) is -0.448. The van der Waals surface area contributed by atoms with Crippen molar-refractivity contribution in [3.63, 3.8) is 0 Å². The second-order valence-corrected chi connectivity index (χ2v) is 6.68. The maximum atomic E-state index is 11.9. The minimum Gasteiger partial charge on any atom is -0.444 e. The van der Waals surface area contributed by atoms with Gasteiger partial charge in [-0.1, -0.05) is 0 Å². The van der Waals surface area contributed by atoms with Gasteiger partial charge in [-0.3, -0.25) is 4.90 Å². The monoisotopic (exact) mass is 287 g/mol. The van der Waals surface area contributed by atoms with Crippen LogP contribution in [0.15, 0.2) is 0 Å². The molecule has 0 bridgehead atoms. The van der Waals surface area contributed by atoms with E-state index in [1.54, 1.807) is 4.90 Å². The number of amides is 1. The third kappa shape index (κ3) is 6.54. The Morgan fingerprint density at radius 2 is 1.80 bits per heavy atom. The van der Waals surface area contributed by atoms with E-state index in [9.17, 15) is 9.90 Å². The molecule has 20 heavy (non-hydrogen) atoms. The van der Waals surface area contributed by atoms with Crippen molar-refractivity contribution < 1.29 is 14.6 Å². The van der Waals surface area contributed by atoms with E-state index in [0.29, 0.717) is 26.2 Å². The van der Waals surface area contributed by atoms with Crippen LogP contribution in [0.1, 0.15) is 20.8 Å². The highest BCUT2D eigenvalue weighted by atomic mass is 16.6. The predicted molar refractivity (Wildman–Crippen MR) is 78.8 cm³/mol. The van der Waals surface area contributed by atoms with Crippen molar-refractivity contribution in [1.82, 2.24) is 14.7 Å². The van der Waals surface area contributed by atoms with Crippen molar-refractivity contribution in [1.29, 1.82) is 0 Å². The quantitative estimate of drug-likeness (QED) is 0.814. The highest BCUT2D eigenvalue weighted by molar-refractivity contribution is 5.68. The molecule has 1 saturated heterocycles. The van der Waals surface area contributed by atoms with Gasteiger partial charge in [0.2, 0.25) is 0 Å². The maximum Gasteiger partial charge on any atom is 0.410 e. The summed E-state index contributed by atoms with van der Waals surface area (Å²) in [6.45, 7) is 9.81. The summed E-state index contributed by atoms with van der Waals surface area (Å²) in [7, 11) is 3.90. The van der Waals surface area contributed by atoms with Crippen molar-refractivity contribution in [2.24, 2.45) is 0 Å². The van der Waals surface area contributed by atoms with Gasteiger partial charge in [0.25, 0.3) is 0 Å². The largest absolute Gasteiger partial charge is 0.444 e. The Labute approximate surface area is 122 Å². The van der Waals surface area contributed by atoms with E-state index in [-0.39, 0.29) is 12.2 Å². The van der Waals surface area contributed by atoms with Crippen LogP contribution in [0.2, 0.25) is 0 Å². The molecular formula is C14H29N3O3. The molecule has 118 valence electrons. The average molecular weight is 287 g/mol. The summed E-state index contributed by atoms with van der Waals surface area (Å²) < 4.78 is 5.36. The Hall–Kier alpha value is -0.850. The van der Waals surface area contributed by atoms with Crippen LogP contribution in [-0.4, -0.2) is 91.0 Å². The average Bonchev–Trinajstić information content (AvgIpc) is 2.26. The minimum absolute atomic E-state index is 0.244. The van der Waals surface area contributed by atoms with E-state index in [0.717, 1.165) is 13.1 Å². The summed E-state index contributed by atoms with van der Waals surface area (Å²) in [6.07, 6.45) is -0.593. The molecule has 0 aromatic rings. The number of β-amino-alcohol motifs (C(OH)–C–C–N with tert-alkyl or cyclic N) is 1. The summed E-state index contributed by atoms with van der Waals surface area (Å²) in [4.78, 5) is 17.8. The van der Waals surface area contributed by atoms with Crippen LogP contribution in [0.5, 0.6) is 0 Å². The fourth-order valence-corrected chi connectivity index (χ4v) is 2.22. The summed E-state index contributed by atoms with van der Waals surface area (Å²) in [6, 6.07) is 0. The van der Waals surface area contributed by atoms with Crippen LogP contribution in [-0.2, 0) is 4.74 Å². The van der Waals surface area contributed by atoms with Crippen LogP contribution in [0.25, 0.3) is 0 Å². The number of aliphatic hydroxyl groups excluding tert-OH is 1. The zero-order valence-corrected chi connectivity index (χ0v) is 13.4. The molecule has 0 radical (unpaired) electrons. The summed E-state index contributed by atoms with van der Waals surface area (Å²) in [5.74, 6) is 0. The zero-order valence-electron chi connectivity index (χ0n) is 13.4. The van der Waals surface area contributed by atoms with Gasteiger partial charge < -0.3 is 19.6 Å². The second-order valence-electron chi connectivity index (χ2n) is 6.68. The molecule has 1 N–H and O–H groups in total. The maximum absolute atomic E-state index is 11.9. The molecule has 1 amide bonds. The smallest absolute Gasteiger partial charge is 0.410 e. The number of hydrogen-bond acceptors (Lipinski definition) is 5. The summed E-state index contributed by atoms with van der Waals surface area (Å²) >= 11 is 0. The number of piperazine rings is 1. The fourth-order valence-electron chi connectivity index (χ4n) is 2.22. The van der Waals surface area contributed by atoms with E-state index in [4.69, 9.17) is 4.74 Å². The molecule has 0 aromatic heterocycles. The Morgan fingerprint density at radius 1 is 1.25 bits per heavy atom. The number of rotatable bonds is 4. The fraction of sp³-hybridized carbons (Fsp3) is 0.929. The standard InChI is InChI=1S/C14H29N3O3/c1-14(2,3)20-13(19)17-8-6-16(7-9-17)11-12(18)10-15(4)5/h12,18H,6-11H2,1-5H3. The van der Waals surface area contributed by atoms with Crippen molar-refractivity contribution in [3.8, 4) is 0 Å². The highest BCUT2D eigenvalue weighted by Gasteiger charge is 2.26. The van der Waals surface area contributed by atoms with E-state index in [2.05, 4.69) is 4.90 Å². The van der Waals surface area contributed by atoms with Crippen LogP contribution >= 0.6 is 0 Å². The van der Waals surface area contributed by atoms with Gasteiger partial charge in [0.05, 0.1) is 6.10 Å². The van der Waals surface area contributed by atoms with E-state index in [1.807, 2.05) is 39.8 Å².